The summed E-state index contributed by atoms with van der Waals surface area (Å²) in [7, 11) is 1.47. The van der Waals surface area contributed by atoms with E-state index in [1.807, 2.05) is 20.8 Å². The van der Waals surface area contributed by atoms with E-state index in [1.54, 1.807) is 0 Å². The monoisotopic (exact) mass is 277 g/mol. The number of carbonyl (C=O) groups is 2. The third-order valence-electron chi connectivity index (χ3n) is 6.85. The lowest BCUT2D eigenvalue weighted by Crippen LogP contribution is -3.16. The molecule has 20 heavy (non-hydrogen) atoms. The lowest BCUT2D eigenvalue weighted by Gasteiger charge is -3.09. The van der Waals surface area contributed by atoms with E-state index in [0.717, 1.165) is 0 Å². The van der Waals surface area contributed by atoms with Gasteiger partial charge in [0.15, 0.2) is 0 Å². The van der Waals surface area contributed by atoms with Crippen molar-refractivity contribution in [2.24, 2.45) is 40.9 Å². The molecule has 0 aromatic carbocycles. The summed E-state index contributed by atoms with van der Waals surface area (Å²) in [5.74, 6) is 3.10. The summed E-state index contributed by atoms with van der Waals surface area (Å²) in [4.78, 5) is 24.1. The molecule has 1 amide bonds. The van der Waals surface area contributed by atoms with Crippen LogP contribution in [-0.4, -0.2) is 30.3 Å². The molecule has 0 aromatic rings. The third-order valence-corrected chi connectivity index (χ3v) is 6.85. The van der Waals surface area contributed by atoms with Gasteiger partial charge < -0.3 is 14.8 Å². The molecule has 0 saturated heterocycles. The minimum Gasteiger partial charge on any atom is -0.469 e. The second kappa shape index (κ2) is 2.60. The molecule has 6 rings (SSSR count). The van der Waals surface area contributed by atoms with Crippen LogP contribution in [0.3, 0.4) is 0 Å². The number of amides is 1. The summed E-state index contributed by atoms with van der Waals surface area (Å²) in [6.45, 7) is 5.59. The summed E-state index contributed by atoms with van der Waals surface area (Å²) >= 11 is 0. The number of carbonyl (C=O) groups excluding carboxylic acids is 2. The molecule has 0 heterocycles. The average Bonchev–Trinajstić information content (AvgIpc) is 2.35. The fraction of sp³-hybridized carbons (Fsp3) is 0.867. The zero-order chi connectivity index (χ0) is 14.2. The van der Waals surface area contributed by atoms with Crippen LogP contribution in [0.4, 0.5) is 4.79 Å². The van der Waals surface area contributed by atoms with Crippen molar-refractivity contribution in [2.45, 2.75) is 31.9 Å². The molecular weight excluding hydrogens is 258 g/mol. The van der Waals surface area contributed by atoms with Gasteiger partial charge in [-0.25, -0.2) is 4.79 Å². The van der Waals surface area contributed by atoms with Gasteiger partial charge in [0, 0.05) is 11.8 Å². The number of hydrogen-bond acceptors (Lipinski definition) is 4. The molecule has 0 aromatic heterocycles. The molecular formula is C15H19NO4. The standard InChI is InChI=1S/C15H19NO4/c1-13(2,3)20-12(18)16-15-8-5-7-6(8)10(15)14(7,9(5)15)11(17)19-4/h5-10H,1-4H3,(H,16,18). The van der Waals surface area contributed by atoms with Crippen molar-refractivity contribution in [3.05, 3.63) is 0 Å². The van der Waals surface area contributed by atoms with Crippen LogP contribution in [0.1, 0.15) is 20.8 Å². The fourth-order valence-electron chi connectivity index (χ4n) is 6.91. The van der Waals surface area contributed by atoms with Gasteiger partial charge in [-0.3, -0.25) is 4.79 Å². The number of hydrogen-bond donors (Lipinski definition) is 1. The second-order valence-corrected chi connectivity index (χ2v) is 8.15. The van der Waals surface area contributed by atoms with Crippen LogP contribution in [0.5, 0.6) is 0 Å². The number of esters is 1. The van der Waals surface area contributed by atoms with Crippen LogP contribution in [0.2, 0.25) is 0 Å². The van der Waals surface area contributed by atoms with Gasteiger partial charge in [0.25, 0.3) is 0 Å². The van der Waals surface area contributed by atoms with Crippen LogP contribution >= 0.6 is 0 Å². The SMILES string of the molecule is COC(=O)C12C3C4C5C3C1C5(NC(=O)OC(C)(C)C)C42. The van der Waals surface area contributed by atoms with E-state index in [0.29, 0.717) is 35.5 Å². The Labute approximate surface area is 117 Å². The highest BCUT2D eigenvalue weighted by Crippen LogP contribution is 3.07. The van der Waals surface area contributed by atoms with Crippen LogP contribution in [0.25, 0.3) is 0 Å². The fourth-order valence-corrected chi connectivity index (χ4v) is 6.91. The van der Waals surface area contributed by atoms with Crippen molar-refractivity contribution in [1.29, 1.82) is 0 Å². The number of nitrogens with one attached hydrogen (secondary N) is 1. The van der Waals surface area contributed by atoms with Crippen molar-refractivity contribution in [3.63, 3.8) is 0 Å². The zero-order valence-corrected chi connectivity index (χ0v) is 12.1. The van der Waals surface area contributed by atoms with Crippen molar-refractivity contribution in [2.75, 3.05) is 7.11 Å². The number of alkyl carbamates (subject to hydrolysis) is 1. The van der Waals surface area contributed by atoms with Crippen molar-refractivity contribution < 1.29 is 19.1 Å². The van der Waals surface area contributed by atoms with E-state index in [2.05, 4.69) is 5.32 Å². The summed E-state index contributed by atoms with van der Waals surface area (Å²) < 4.78 is 10.4. The number of ether oxygens (including phenoxy) is 2. The Hall–Kier alpha value is -1.26. The maximum Gasteiger partial charge on any atom is 0.408 e. The predicted octanol–water partition coefficient (Wildman–Crippen LogP) is 1.17. The molecule has 6 aliphatic carbocycles. The molecule has 0 bridgehead atoms. The van der Waals surface area contributed by atoms with Gasteiger partial charge in [-0.05, 0) is 44.4 Å². The molecule has 0 radical (unpaired) electrons. The van der Waals surface area contributed by atoms with Crippen molar-refractivity contribution in [3.8, 4) is 0 Å². The van der Waals surface area contributed by atoms with Crippen LogP contribution in [0, 0.1) is 40.9 Å². The Morgan fingerprint density at radius 3 is 2.20 bits per heavy atom. The lowest BCUT2D eigenvalue weighted by atomic mass is 8.94. The minimum atomic E-state index is -0.483. The molecule has 4 unspecified atom stereocenters. The molecule has 6 fully saturated rings. The third kappa shape index (κ3) is 0.704. The first-order chi connectivity index (χ1) is 9.31. The van der Waals surface area contributed by atoms with Crippen molar-refractivity contribution in [1.82, 2.24) is 5.32 Å². The van der Waals surface area contributed by atoms with Gasteiger partial charge in [-0.15, -0.1) is 0 Å². The summed E-state index contributed by atoms with van der Waals surface area (Å²) in [5.41, 5.74) is -0.836. The highest BCUT2D eigenvalue weighted by atomic mass is 16.6. The Bertz CT molecular complexity index is 557. The van der Waals surface area contributed by atoms with Crippen LogP contribution < -0.4 is 5.32 Å². The first-order valence-corrected chi connectivity index (χ1v) is 7.41. The molecule has 108 valence electrons. The van der Waals surface area contributed by atoms with Gasteiger partial charge in [-0.1, -0.05) is 0 Å². The van der Waals surface area contributed by atoms with E-state index in [9.17, 15) is 9.59 Å². The lowest BCUT2D eigenvalue weighted by molar-refractivity contribution is -0.609. The topological polar surface area (TPSA) is 64.6 Å². The smallest absolute Gasteiger partial charge is 0.408 e. The van der Waals surface area contributed by atoms with Crippen LogP contribution in [0.15, 0.2) is 0 Å². The highest BCUT2D eigenvalue weighted by molar-refractivity contribution is 5.91. The highest BCUT2D eigenvalue weighted by Gasteiger charge is 3.12. The van der Waals surface area contributed by atoms with Gasteiger partial charge in [-0.2, -0.15) is 0 Å². The molecule has 0 spiro atoms. The Morgan fingerprint density at radius 2 is 1.70 bits per heavy atom. The van der Waals surface area contributed by atoms with Crippen molar-refractivity contribution >= 4 is 12.1 Å². The van der Waals surface area contributed by atoms with E-state index < -0.39 is 5.60 Å². The number of methoxy groups -OCH3 is 1. The molecule has 5 nitrogen and oxygen atoms in total. The summed E-state index contributed by atoms with van der Waals surface area (Å²) in [5, 5.41) is 3.10. The normalized spacial score (nSPS) is 57.8. The van der Waals surface area contributed by atoms with Gasteiger partial charge in [0.05, 0.1) is 18.1 Å². The predicted molar refractivity (Wildman–Crippen MR) is 67.5 cm³/mol. The van der Waals surface area contributed by atoms with E-state index in [-0.39, 0.29) is 23.0 Å². The molecule has 4 atom stereocenters. The first-order valence-electron chi connectivity index (χ1n) is 7.41. The maximum atomic E-state index is 12.1. The molecule has 6 saturated carbocycles. The quantitative estimate of drug-likeness (QED) is 0.770. The summed E-state index contributed by atoms with van der Waals surface area (Å²) in [6, 6.07) is 0. The van der Waals surface area contributed by atoms with Crippen LogP contribution in [-0.2, 0) is 14.3 Å². The molecule has 0 aliphatic heterocycles. The van der Waals surface area contributed by atoms with Gasteiger partial charge in [0.2, 0.25) is 0 Å². The summed E-state index contributed by atoms with van der Waals surface area (Å²) in [6.07, 6.45) is -0.340. The van der Waals surface area contributed by atoms with E-state index in [1.165, 1.54) is 7.11 Å². The molecule has 1 N–H and O–H groups in total. The van der Waals surface area contributed by atoms with E-state index in [4.69, 9.17) is 9.47 Å². The zero-order valence-electron chi connectivity index (χ0n) is 12.1. The Morgan fingerprint density at radius 1 is 1.10 bits per heavy atom. The van der Waals surface area contributed by atoms with E-state index >= 15 is 0 Å². The Kier molecular flexibility index (Phi) is 1.48. The van der Waals surface area contributed by atoms with Gasteiger partial charge in [0.1, 0.15) is 5.60 Å². The Balaban J connectivity index is 1.37. The minimum absolute atomic E-state index is 0.0511. The average molecular weight is 277 g/mol. The maximum absolute atomic E-state index is 12.1. The first kappa shape index (κ1) is 11.4. The van der Waals surface area contributed by atoms with Gasteiger partial charge >= 0.3 is 12.1 Å². The second-order valence-electron chi connectivity index (χ2n) is 8.15. The number of rotatable bonds is 2. The molecule has 5 heteroatoms. The largest absolute Gasteiger partial charge is 0.469 e. The molecule has 6 aliphatic rings.